The number of carbonyl (C=O) groups excluding carboxylic acids is 1. The number of aromatic nitrogens is 3. The summed E-state index contributed by atoms with van der Waals surface area (Å²) in [6.45, 7) is 4.93. The maximum absolute atomic E-state index is 14.9. The molecule has 0 saturated carbocycles. The van der Waals surface area contributed by atoms with Gasteiger partial charge in [0.1, 0.15) is 23.6 Å². The molecule has 1 aromatic carbocycles. The van der Waals surface area contributed by atoms with Crippen LogP contribution >= 0.6 is 11.6 Å². The number of carbonyl (C=O) groups is 1. The number of amides is 1. The average Bonchev–Trinajstić information content (AvgIpc) is 3.06. The van der Waals surface area contributed by atoms with Gasteiger partial charge in [-0.15, -0.1) is 5.10 Å². The molecule has 0 radical (unpaired) electrons. The van der Waals surface area contributed by atoms with E-state index in [0.29, 0.717) is 12.0 Å². The molecule has 8 nitrogen and oxygen atoms in total. The molecule has 0 fully saturated rings. The van der Waals surface area contributed by atoms with Crippen molar-refractivity contribution in [2.75, 3.05) is 13.1 Å². The molecule has 2 N–H and O–H groups in total. The smallest absolute Gasteiger partial charge is 0.410 e. The molecule has 32 heavy (non-hydrogen) atoms. The second-order valence-electron chi connectivity index (χ2n) is 8.37. The summed E-state index contributed by atoms with van der Waals surface area (Å²) in [5, 5.41) is 7.43. The SMILES string of the molecule is Cn1nnc(COc2c(F)cc(Cl)c3c2[C@@H](CN)N(C(=O)OC(C)(C)C)CC3)c1C(F)F. The predicted octanol–water partition coefficient (Wildman–Crippen LogP) is 3.92. The Kier molecular flexibility index (Phi) is 6.89. The van der Waals surface area contributed by atoms with Crippen molar-refractivity contribution in [3.05, 3.63) is 39.4 Å². The Bertz CT molecular complexity index is 1010. The number of hydrogen-bond acceptors (Lipinski definition) is 6. The summed E-state index contributed by atoms with van der Waals surface area (Å²) >= 11 is 6.27. The van der Waals surface area contributed by atoms with Crippen LogP contribution in [0, 0.1) is 5.82 Å². The van der Waals surface area contributed by atoms with Crippen LogP contribution in [-0.4, -0.2) is 44.7 Å². The summed E-state index contributed by atoms with van der Waals surface area (Å²) in [7, 11) is 1.33. The highest BCUT2D eigenvalue weighted by atomic mass is 35.5. The number of aryl methyl sites for hydroxylation is 1. The second-order valence-corrected chi connectivity index (χ2v) is 8.78. The van der Waals surface area contributed by atoms with E-state index in [4.69, 9.17) is 26.8 Å². The Morgan fingerprint density at radius 2 is 2.09 bits per heavy atom. The topological polar surface area (TPSA) is 95.5 Å². The minimum atomic E-state index is -2.84. The molecule has 0 spiro atoms. The first-order chi connectivity index (χ1) is 14.9. The van der Waals surface area contributed by atoms with Crippen LogP contribution in [0.1, 0.15) is 55.8 Å². The van der Waals surface area contributed by atoms with Gasteiger partial charge in [0.05, 0.1) is 6.04 Å². The van der Waals surface area contributed by atoms with Crippen LogP contribution in [0.3, 0.4) is 0 Å². The molecule has 0 aliphatic carbocycles. The third-order valence-electron chi connectivity index (χ3n) is 5.00. The van der Waals surface area contributed by atoms with Crippen molar-refractivity contribution < 1.29 is 27.4 Å². The van der Waals surface area contributed by atoms with Crippen LogP contribution in [-0.2, 0) is 24.8 Å². The van der Waals surface area contributed by atoms with Gasteiger partial charge >= 0.3 is 6.09 Å². The molecular formula is C20H25ClF3N5O3. The fraction of sp³-hybridized carbons (Fsp3) is 0.550. The van der Waals surface area contributed by atoms with Crippen molar-refractivity contribution in [3.63, 3.8) is 0 Å². The molecule has 1 aliphatic rings. The van der Waals surface area contributed by atoms with E-state index in [9.17, 15) is 18.0 Å². The number of fused-ring (bicyclic) bond motifs is 1. The first kappa shape index (κ1) is 24.1. The number of nitrogens with zero attached hydrogens (tertiary/aromatic N) is 4. The molecule has 0 saturated heterocycles. The lowest BCUT2D eigenvalue weighted by molar-refractivity contribution is 0.0145. The standard InChI is InChI=1S/C20H25ClF3N5O3/c1-20(2,3)32-19(30)29-6-5-10-11(21)7-12(22)17(15(10)14(29)8-25)31-9-13-16(18(23)24)28(4)27-26-13/h7,14,18H,5-6,8-9,25H2,1-4H3/t14-/m1/s1. The molecule has 1 amide bonds. The molecule has 2 aromatic rings. The highest BCUT2D eigenvalue weighted by Crippen LogP contribution is 2.42. The number of ether oxygens (including phenoxy) is 2. The predicted molar refractivity (Wildman–Crippen MR) is 110 cm³/mol. The molecule has 12 heteroatoms. The molecular weight excluding hydrogens is 451 g/mol. The van der Waals surface area contributed by atoms with Gasteiger partial charge in [0.2, 0.25) is 0 Å². The lowest BCUT2D eigenvalue weighted by Gasteiger charge is -2.38. The quantitative estimate of drug-likeness (QED) is 0.704. The Labute approximate surface area is 188 Å². The van der Waals surface area contributed by atoms with E-state index in [-0.39, 0.29) is 35.1 Å². The van der Waals surface area contributed by atoms with Crippen LogP contribution in [0.4, 0.5) is 18.0 Å². The highest BCUT2D eigenvalue weighted by Gasteiger charge is 2.37. The van der Waals surface area contributed by atoms with E-state index in [1.165, 1.54) is 11.9 Å². The Balaban J connectivity index is 1.99. The number of hydrogen-bond donors (Lipinski definition) is 1. The minimum Gasteiger partial charge on any atom is -0.484 e. The zero-order valence-corrected chi connectivity index (χ0v) is 18.9. The summed E-state index contributed by atoms with van der Waals surface area (Å²) < 4.78 is 53.6. The maximum atomic E-state index is 14.9. The van der Waals surface area contributed by atoms with E-state index in [0.717, 1.165) is 10.7 Å². The van der Waals surface area contributed by atoms with E-state index >= 15 is 0 Å². The van der Waals surface area contributed by atoms with Gasteiger partial charge in [0, 0.05) is 30.7 Å². The van der Waals surface area contributed by atoms with E-state index in [1.54, 1.807) is 20.8 Å². The van der Waals surface area contributed by atoms with Crippen molar-refractivity contribution in [1.29, 1.82) is 0 Å². The Morgan fingerprint density at radius 1 is 1.41 bits per heavy atom. The lowest BCUT2D eigenvalue weighted by Crippen LogP contribution is -2.45. The molecule has 3 rings (SSSR count). The zero-order chi connectivity index (χ0) is 23.8. The van der Waals surface area contributed by atoms with Crippen molar-refractivity contribution in [1.82, 2.24) is 19.9 Å². The second kappa shape index (κ2) is 9.14. The number of nitrogens with two attached hydrogens (primary N) is 1. The third kappa shape index (κ3) is 4.78. The van der Waals surface area contributed by atoms with Gasteiger partial charge in [-0.3, -0.25) is 4.90 Å². The number of alkyl halides is 2. The first-order valence-electron chi connectivity index (χ1n) is 9.94. The first-order valence-corrected chi connectivity index (χ1v) is 10.3. The Hall–Kier alpha value is -2.53. The van der Waals surface area contributed by atoms with E-state index in [1.807, 2.05) is 0 Å². The molecule has 2 heterocycles. The van der Waals surface area contributed by atoms with Gasteiger partial charge in [-0.1, -0.05) is 16.8 Å². The number of rotatable bonds is 5. The van der Waals surface area contributed by atoms with Gasteiger partial charge < -0.3 is 15.2 Å². The van der Waals surface area contributed by atoms with Gasteiger partial charge in [-0.2, -0.15) is 0 Å². The fourth-order valence-electron chi connectivity index (χ4n) is 3.66. The molecule has 176 valence electrons. The highest BCUT2D eigenvalue weighted by molar-refractivity contribution is 6.31. The van der Waals surface area contributed by atoms with Crippen molar-refractivity contribution >= 4 is 17.7 Å². The van der Waals surface area contributed by atoms with Gasteiger partial charge in [0.15, 0.2) is 11.6 Å². The van der Waals surface area contributed by atoms with Gasteiger partial charge in [-0.25, -0.2) is 22.6 Å². The lowest BCUT2D eigenvalue weighted by atomic mass is 9.91. The molecule has 1 aromatic heterocycles. The molecule has 1 atom stereocenters. The maximum Gasteiger partial charge on any atom is 0.410 e. The van der Waals surface area contributed by atoms with Crippen molar-refractivity contribution in [2.24, 2.45) is 12.8 Å². The van der Waals surface area contributed by atoms with Crippen LogP contribution in [0.5, 0.6) is 5.75 Å². The Morgan fingerprint density at radius 3 is 2.69 bits per heavy atom. The fourth-order valence-corrected chi connectivity index (χ4v) is 3.95. The average molecular weight is 476 g/mol. The van der Waals surface area contributed by atoms with Crippen LogP contribution in [0.2, 0.25) is 5.02 Å². The van der Waals surface area contributed by atoms with E-state index in [2.05, 4.69) is 10.3 Å². The van der Waals surface area contributed by atoms with E-state index < -0.39 is 42.3 Å². The summed E-state index contributed by atoms with van der Waals surface area (Å²) in [4.78, 5) is 14.1. The van der Waals surface area contributed by atoms with Crippen LogP contribution in [0.25, 0.3) is 0 Å². The van der Waals surface area contributed by atoms with Gasteiger partial charge in [0.25, 0.3) is 6.43 Å². The monoisotopic (exact) mass is 475 g/mol. The summed E-state index contributed by atoms with van der Waals surface area (Å²) in [5.41, 5.74) is 5.52. The third-order valence-corrected chi connectivity index (χ3v) is 5.33. The number of benzene rings is 1. The number of halogens is 4. The molecule has 0 bridgehead atoms. The van der Waals surface area contributed by atoms with Crippen molar-refractivity contribution in [2.45, 2.75) is 51.9 Å². The largest absolute Gasteiger partial charge is 0.484 e. The molecule has 1 aliphatic heterocycles. The van der Waals surface area contributed by atoms with Crippen LogP contribution < -0.4 is 10.5 Å². The van der Waals surface area contributed by atoms with Crippen LogP contribution in [0.15, 0.2) is 6.07 Å². The normalized spacial score (nSPS) is 16.3. The summed E-state index contributed by atoms with van der Waals surface area (Å²) in [5.74, 6) is -1.03. The summed E-state index contributed by atoms with van der Waals surface area (Å²) in [6, 6.07) is 0.310. The summed E-state index contributed by atoms with van der Waals surface area (Å²) in [6.07, 6.45) is -3.13. The zero-order valence-electron chi connectivity index (χ0n) is 18.2. The molecule has 0 unspecified atom stereocenters. The van der Waals surface area contributed by atoms with Crippen molar-refractivity contribution in [3.8, 4) is 5.75 Å². The van der Waals surface area contributed by atoms with Gasteiger partial charge in [-0.05, 0) is 38.8 Å². The minimum absolute atomic E-state index is 0.0597.